The van der Waals surface area contributed by atoms with Crippen LogP contribution in [0, 0.1) is 0 Å². The van der Waals surface area contributed by atoms with Crippen molar-refractivity contribution in [3.63, 3.8) is 0 Å². The van der Waals surface area contributed by atoms with E-state index in [1.807, 2.05) is 79.7 Å². The summed E-state index contributed by atoms with van der Waals surface area (Å²) >= 11 is 1.30. The minimum atomic E-state index is -0.435. The van der Waals surface area contributed by atoms with Gasteiger partial charge in [-0.25, -0.2) is 4.98 Å². The maximum atomic E-state index is 13.3. The third-order valence-electron chi connectivity index (χ3n) is 5.69. The van der Waals surface area contributed by atoms with Gasteiger partial charge in [0, 0.05) is 19.0 Å². The Morgan fingerprint density at radius 2 is 1.63 bits per heavy atom. The minimum Gasteiger partial charge on any atom is -0.356 e. The number of Topliss-reactive ketones (excluding diaryl/α,β-unsaturated/α-hetero) is 1. The molecule has 0 aliphatic heterocycles. The van der Waals surface area contributed by atoms with Gasteiger partial charge in [-0.2, -0.15) is 0 Å². The Labute approximate surface area is 208 Å². The van der Waals surface area contributed by atoms with E-state index in [0.29, 0.717) is 41.1 Å². The number of fused-ring (bicyclic) bond motifs is 1. The lowest BCUT2D eigenvalue weighted by molar-refractivity contribution is -0.118. The number of carbonyl (C=O) groups excluding carboxylic acids is 2. The van der Waals surface area contributed by atoms with Crippen molar-refractivity contribution in [1.29, 1.82) is 0 Å². The molecule has 0 radical (unpaired) electrons. The number of nitrogens with zero attached hydrogens (tertiary/aromatic N) is 2. The number of hydrogen-bond acceptors (Lipinski definition) is 5. The van der Waals surface area contributed by atoms with Gasteiger partial charge in [-0.3, -0.25) is 19.0 Å². The fraction of sp³-hybridized carbons (Fsp3) is 0.214. The number of rotatable bonds is 9. The molecule has 178 valence electrons. The molecule has 1 amide bonds. The Kier molecular flexibility index (Phi) is 7.77. The standard InChI is InChI=1S/C28H27N3O3S/c1-19(26(33)23-14-12-21(13-15-23)16-17-29-20(2)32)35-28-30-25-11-7-6-10-24(25)27(34)31(28)18-22-8-4-3-5-9-22/h3-15,19H,16-18H2,1-2H3,(H,29,32). The van der Waals surface area contributed by atoms with Crippen LogP contribution in [0.4, 0.5) is 0 Å². The number of nitrogens with one attached hydrogen (secondary N) is 1. The van der Waals surface area contributed by atoms with Crippen LogP contribution in [0.2, 0.25) is 0 Å². The van der Waals surface area contributed by atoms with Crippen molar-refractivity contribution in [2.75, 3.05) is 6.54 Å². The molecule has 4 rings (SSSR count). The number of thioether (sulfide) groups is 1. The summed E-state index contributed by atoms with van der Waals surface area (Å²) in [5.41, 5.74) is 3.13. The van der Waals surface area contributed by atoms with Crippen LogP contribution in [-0.4, -0.2) is 33.0 Å². The number of amides is 1. The molecule has 0 saturated carbocycles. The summed E-state index contributed by atoms with van der Waals surface area (Å²) in [5.74, 6) is -0.0900. The molecule has 6 nitrogen and oxygen atoms in total. The van der Waals surface area contributed by atoms with E-state index in [1.165, 1.54) is 18.7 Å². The molecule has 0 aliphatic rings. The second kappa shape index (κ2) is 11.1. The zero-order chi connectivity index (χ0) is 24.8. The van der Waals surface area contributed by atoms with E-state index in [2.05, 4.69) is 5.32 Å². The molecule has 1 N–H and O–H groups in total. The largest absolute Gasteiger partial charge is 0.356 e. The highest BCUT2D eigenvalue weighted by Gasteiger charge is 2.21. The zero-order valence-corrected chi connectivity index (χ0v) is 20.5. The summed E-state index contributed by atoms with van der Waals surface area (Å²) < 4.78 is 1.65. The van der Waals surface area contributed by atoms with Crippen molar-refractivity contribution in [3.8, 4) is 0 Å². The van der Waals surface area contributed by atoms with Crippen LogP contribution in [-0.2, 0) is 17.8 Å². The maximum Gasteiger partial charge on any atom is 0.262 e. The van der Waals surface area contributed by atoms with Crippen molar-refractivity contribution < 1.29 is 9.59 Å². The number of hydrogen-bond donors (Lipinski definition) is 1. The van der Waals surface area contributed by atoms with E-state index in [9.17, 15) is 14.4 Å². The van der Waals surface area contributed by atoms with Crippen molar-refractivity contribution in [2.45, 2.75) is 37.2 Å². The van der Waals surface area contributed by atoms with E-state index < -0.39 is 5.25 Å². The van der Waals surface area contributed by atoms with Gasteiger partial charge in [0.1, 0.15) is 0 Å². The fourth-order valence-corrected chi connectivity index (χ4v) is 4.79. The van der Waals surface area contributed by atoms with Crippen LogP contribution in [0.15, 0.2) is 88.8 Å². The van der Waals surface area contributed by atoms with Crippen molar-refractivity contribution >= 4 is 34.4 Å². The second-order valence-corrected chi connectivity index (χ2v) is 9.65. The maximum absolute atomic E-state index is 13.3. The van der Waals surface area contributed by atoms with Crippen molar-refractivity contribution in [2.24, 2.45) is 0 Å². The molecule has 3 aromatic carbocycles. The van der Waals surface area contributed by atoms with Crippen LogP contribution < -0.4 is 10.9 Å². The SMILES string of the molecule is CC(=O)NCCc1ccc(C(=O)C(C)Sc2nc3ccccc3c(=O)n2Cc2ccccc2)cc1. The highest BCUT2D eigenvalue weighted by molar-refractivity contribution is 8.00. The minimum absolute atomic E-state index is 0.0305. The molecule has 0 spiro atoms. The number of aromatic nitrogens is 2. The van der Waals surface area contributed by atoms with Gasteiger partial charge in [-0.15, -0.1) is 0 Å². The highest BCUT2D eigenvalue weighted by Crippen LogP contribution is 2.26. The third-order valence-corrected chi connectivity index (χ3v) is 6.78. The van der Waals surface area contributed by atoms with Gasteiger partial charge >= 0.3 is 0 Å². The third kappa shape index (κ3) is 6.05. The molecule has 35 heavy (non-hydrogen) atoms. The predicted octanol–water partition coefficient (Wildman–Crippen LogP) is 4.49. The summed E-state index contributed by atoms with van der Waals surface area (Å²) in [6.07, 6.45) is 0.700. The number of para-hydroxylation sites is 1. The molecule has 1 unspecified atom stereocenters. The quantitative estimate of drug-likeness (QED) is 0.215. The first-order valence-electron chi connectivity index (χ1n) is 11.5. The first-order valence-corrected chi connectivity index (χ1v) is 12.4. The van der Waals surface area contributed by atoms with Gasteiger partial charge in [-0.1, -0.05) is 78.5 Å². The average molecular weight is 486 g/mol. The van der Waals surface area contributed by atoms with Crippen LogP contribution in [0.1, 0.15) is 35.3 Å². The molecule has 0 saturated heterocycles. The van der Waals surface area contributed by atoms with Gasteiger partial charge in [0.15, 0.2) is 10.9 Å². The average Bonchev–Trinajstić information content (AvgIpc) is 2.87. The van der Waals surface area contributed by atoms with E-state index in [0.717, 1.165) is 11.1 Å². The van der Waals surface area contributed by atoms with Gasteiger partial charge in [0.2, 0.25) is 5.91 Å². The molecule has 4 aromatic rings. The Morgan fingerprint density at radius 3 is 2.34 bits per heavy atom. The van der Waals surface area contributed by atoms with E-state index in [4.69, 9.17) is 4.98 Å². The number of carbonyl (C=O) groups is 2. The van der Waals surface area contributed by atoms with Crippen LogP contribution in [0.3, 0.4) is 0 Å². The van der Waals surface area contributed by atoms with E-state index in [-0.39, 0.29) is 17.2 Å². The Balaban J connectivity index is 1.57. The summed E-state index contributed by atoms with van der Waals surface area (Å²) in [6, 6.07) is 24.5. The monoisotopic (exact) mass is 485 g/mol. The first kappa shape index (κ1) is 24.4. The van der Waals surface area contributed by atoms with Crippen molar-refractivity contribution in [3.05, 3.63) is 106 Å². The number of benzene rings is 3. The van der Waals surface area contributed by atoms with E-state index >= 15 is 0 Å². The van der Waals surface area contributed by atoms with Crippen LogP contribution >= 0.6 is 11.8 Å². The number of ketones is 1. The molecular formula is C28H27N3O3S. The lowest BCUT2D eigenvalue weighted by Crippen LogP contribution is -2.25. The smallest absolute Gasteiger partial charge is 0.262 e. The summed E-state index contributed by atoms with van der Waals surface area (Å²) in [7, 11) is 0. The lowest BCUT2D eigenvalue weighted by Gasteiger charge is -2.16. The molecule has 1 heterocycles. The second-order valence-electron chi connectivity index (χ2n) is 8.34. The van der Waals surface area contributed by atoms with E-state index in [1.54, 1.807) is 10.6 Å². The van der Waals surface area contributed by atoms with Gasteiger partial charge < -0.3 is 5.32 Å². The summed E-state index contributed by atoms with van der Waals surface area (Å²) in [6.45, 7) is 4.27. The normalized spacial score (nSPS) is 11.8. The van der Waals surface area contributed by atoms with Crippen molar-refractivity contribution in [1.82, 2.24) is 14.9 Å². The topological polar surface area (TPSA) is 81.1 Å². The Bertz CT molecular complexity index is 1400. The molecular weight excluding hydrogens is 458 g/mol. The Hall–Kier alpha value is -3.71. The van der Waals surface area contributed by atoms with Gasteiger partial charge in [-0.05, 0) is 36.6 Å². The Morgan fingerprint density at radius 1 is 0.943 bits per heavy atom. The lowest BCUT2D eigenvalue weighted by atomic mass is 10.0. The van der Waals surface area contributed by atoms with Gasteiger partial charge in [0.25, 0.3) is 5.56 Å². The molecule has 1 atom stereocenters. The predicted molar refractivity (Wildman–Crippen MR) is 140 cm³/mol. The molecule has 0 fully saturated rings. The summed E-state index contributed by atoms with van der Waals surface area (Å²) in [4.78, 5) is 42.3. The molecule has 1 aromatic heterocycles. The highest BCUT2D eigenvalue weighted by atomic mass is 32.2. The molecule has 0 bridgehead atoms. The zero-order valence-electron chi connectivity index (χ0n) is 19.7. The molecule has 7 heteroatoms. The fourth-order valence-electron chi connectivity index (χ4n) is 3.81. The van der Waals surface area contributed by atoms with Crippen LogP contribution in [0.5, 0.6) is 0 Å². The summed E-state index contributed by atoms with van der Waals surface area (Å²) in [5, 5.41) is 3.41. The van der Waals surface area contributed by atoms with Crippen LogP contribution in [0.25, 0.3) is 10.9 Å². The molecule has 0 aliphatic carbocycles. The first-order chi connectivity index (χ1) is 16.9. The van der Waals surface area contributed by atoms with Gasteiger partial charge in [0.05, 0.1) is 22.7 Å².